The molecule has 126 valence electrons. The molecule has 2 N–H and O–H groups in total. The number of benzene rings is 2. The molecule has 0 aromatic heterocycles. The fraction of sp³-hybridized carbons (Fsp3) is 0.278. The Balaban J connectivity index is 1.48. The lowest BCUT2D eigenvalue weighted by Crippen LogP contribution is -2.41. The summed E-state index contributed by atoms with van der Waals surface area (Å²) < 4.78 is 24.2. The van der Waals surface area contributed by atoms with Crippen LogP contribution in [0.25, 0.3) is 0 Å². The average Bonchev–Trinajstić information content (AvgIpc) is 3.02. The van der Waals surface area contributed by atoms with Crippen LogP contribution in [0.3, 0.4) is 0 Å². The molecule has 2 amide bonds. The van der Waals surface area contributed by atoms with Gasteiger partial charge in [0.15, 0.2) is 11.5 Å². The van der Waals surface area contributed by atoms with E-state index in [0.29, 0.717) is 30.0 Å². The summed E-state index contributed by atoms with van der Waals surface area (Å²) in [6, 6.07) is 11.6. The number of ether oxygens (including phenoxy) is 2. The van der Waals surface area contributed by atoms with E-state index in [-0.39, 0.29) is 24.7 Å². The molecule has 1 aliphatic rings. The van der Waals surface area contributed by atoms with Gasteiger partial charge in [0.05, 0.1) is 0 Å². The number of carbonyl (C=O) groups excluding carboxylic acids is 1. The molecule has 0 saturated heterocycles. The van der Waals surface area contributed by atoms with Crippen molar-refractivity contribution >= 4 is 6.03 Å². The Morgan fingerprint density at radius 1 is 1.21 bits per heavy atom. The summed E-state index contributed by atoms with van der Waals surface area (Å²) in [5.74, 6) is 1.14. The summed E-state index contributed by atoms with van der Waals surface area (Å²) in [6.07, 6.45) is 0.435. The van der Waals surface area contributed by atoms with Crippen molar-refractivity contribution in [3.05, 3.63) is 59.4 Å². The highest BCUT2D eigenvalue weighted by Gasteiger charge is 2.14. The summed E-state index contributed by atoms with van der Waals surface area (Å²) in [5.41, 5.74) is 1.50. The maximum Gasteiger partial charge on any atom is 0.315 e. The minimum atomic E-state index is -0.295. The molecule has 2 aromatic rings. The van der Waals surface area contributed by atoms with Gasteiger partial charge >= 0.3 is 6.03 Å². The van der Waals surface area contributed by atoms with Crippen molar-refractivity contribution < 1.29 is 18.7 Å². The summed E-state index contributed by atoms with van der Waals surface area (Å²) >= 11 is 0. The summed E-state index contributed by atoms with van der Waals surface area (Å²) in [5, 5.41) is 5.59. The molecule has 3 rings (SSSR count). The van der Waals surface area contributed by atoms with Crippen molar-refractivity contribution in [2.24, 2.45) is 0 Å². The van der Waals surface area contributed by atoms with Crippen LogP contribution in [0.4, 0.5) is 9.18 Å². The van der Waals surface area contributed by atoms with Gasteiger partial charge in [0.1, 0.15) is 5.82 Å². The molecule has 24 heavy (non-hydrogen) atoms. The lowest BCUT2D eigenvalue weighted by atomic mass is 10.1. The molecular weight excluding hydrogens is 311 g/mol. The van der Waals surface area contributed by atoms with E-state index in [9.17, 15) is 9.18 Å². The van der Waals surface area contributed by atoms with Crippen LogP contribution in [0.15, 0.2) is 42.5 Å². The third-order valence-electron chi connectivity index (χ3n) is 3.75. The Kier molecular flexibility index (Phi) is 4.84. The molecule has 0 spiro atoms. The van der Waals surface area contributed by atoms with Crippen molar-refractivity contribution in [2.45, 2.75) is 25.9 Å². The monoisotopic (exact) mass is 330 g/mol. The van der Waals surface area contributed by atoms with Crippen LogP contribution in [0, 0.1) is 5.82 Å². The lowest BCUT2D eigenvalue weighted by molar-refractivity contribution is 0.174. The van der Waals surface area contributed by atoms with Crippen LogP contribution < -0.4 is 20.1 Å². The smallest absolute Gasteiger partial charge is 0.315 e. The van der Waals surface area contributed by atoms with Crippen molar-refractivity contribution in [1.82, 2.24) is 10.6 Å². The van der Waals surface area contributed by atoms with Crippen LogP contribution in [0.2, 0.25) is 0 Å². The summed E-state index contributed by atoms with van der Waals surface area (Å²) in [4.78, 5) is 12.0. The number of carbonyl (C=O) groups is 1. The lowest BCUT2D eigenvalue weighted by Gasteiger charge is -2.15. The Morgan fingerprint density at radius 3 is 2.83 bits per heavy atom. The maximum absolute atomic E-state index is 13.6. The van der Waals surface area contributed by atoms with Crippen LogP contribution in [0.1, 0.15) is 18.1 Å². The normalized spacial score (nSPS) is 13.4. The fourth-order valence-corrected chi connectivity index (χ4v) is 2.55. The number of urea groups is 1. The number of amides is 2. The van der Waals surface area contributed by atoms with E-state index in [2.05, 4.69) is 10.6 Å². The van der Waals surface area contributed by atoms with E-state index in [1.807, 2.05) is 25.1 Å². The second-order valence-corrected chi connectivity index (χ2v) is 5.71. The molecule has 0 bridgehead atoms. The van der Waals surface area contributed by atoms with Crippen molar-refractivity contribution in [3.8, 4) is 11.5 Å². The zero-order valence-electron chi connectivity index (χ0n) is 13.3. The first-order valence-corrected chi connectivity index (χ1v) is 7.78. The molecule has 0 radical (unpaired) electrons. The number of nitrogens with one attached hydrogen (secondary N) is 2. The maximum atomic E-state index is 13.6. The minimum absolute atomic E-state index is 0.182. The predicted molar refractivity (Wildman–Crippen MR) is 87.5 cm³/mol. The van der Waals surface area contributed by atoms with Gasteiger partial charge in [0.2, 0.25) is 6.79 Å². The highest BCUT2D eigenvalue weighted by Crippen LogP contribution is 2.32. The zero-order valence-corrected chi connectivity index (χ0v) is 13.3. The molecule has 5 nitrogen and oxygen atoms in total. The summed E-state index contributed by atoms with van der Waals surface area (Å²) in [6.45, 7) is 2.43. The first-order valence-electron chi connectivity index (χ1n) is 7.78. The standard InChI is InChI=1S/C18H19FN2O3/c1-12(8-14-4-2-3-5-15(14)19)21-18(22)20-10-13-6-7-16-17(9-13)24-11-23-16/h2-7,9,12H,8,10-11H2,1H3,(H2,20,21,22). The molecule has 6 heteroatoms. The Bertz CT molecular complexity index is 736. The van der Waals surface area contributed by atoms with Gasteiger partial charge in [-0.15, -0.1) is 0 Å². The number of halogens is 1. The van der Waals surface area contributed by atoms with Gasteiger partial charge in [0, 0.05) is 12.6 Å². The van der Waals surface area contributed by atoms with Gasteiger partial charge in [-0.2, -0.15) is 0 Å². The van der Waals surface area contributed by atoms with E-state index < -0.39 is 0 Å². The molecule has 1 unspecified atom stereocenters. The molecule has 0 saturated carbocycles. The second-order valence-electron chi connectivity index (χ2n) is 5.71. The highest BCUT2D eigenvalue weighted by atomic mass is 19.1. The van der Waals surface area contributed by atoms with E-state index in [0.717, 1.165) is 5.56 Å². The Labute approximate surface area is 139 Å². The number of hydrogen-bond donors (Lipinski definition) is 2. The predicted octanol–water partition coefficient (Wildman–Crippen LogP) is 2.98. The van der Waals surface area contributed by atoms with Crippen LogP contribution in [0.5, 0.6) is 11.5 Å². The van der Waals surface area contributed by atoms with E-state index in [1.54, 1.807) is 18.2 Å². The largest absolute Gasteiger partial charge is 0.454 e. The number of fused-ring (bicyclic) bond motifs is 1. The van der Waals surface area contributed by atoms with Gasteiger partial charge in [-0.1, -0.05) is 24.3 Å². The highest BCUT2D eigenvalue weighted by molar-refractivity contribution is 5.74. The fourth-order valence-electron chi connectivity index (χ4n) is 2.55. The van der Waals surface area contributed by atoms with Crippen LogP contribution >= 0.6 is 0 Å². The topological polar surface area (TPSA) is 59.6 Å². The van der Waals surface area contributed by atoms with E-state index in [4.69, 9.17) is 9.47 Å². The summed E-state index contributed by atoms with van der Waals surface area (Å²) in [7, 11) is 0. The first kappa shape index (κ1) is 16.1. The molecule has 1 heterocycles. The average molecular weight is 330 g/mol. The third kappa shape index (κ3) is 3.95. The van der Waals surface area contributed by atoms with Gasteiger partial charge in [-0.25, -0.2) is 9.18 Å². The third-order valence-corrected chi connectivity index (χ3v) is 3.75. The van der Waals surface area contributed by atoms with Crippen molar-refractivity contribution in [2.75, 3.05) is 6.79 Å². The molecule has 0 aliphatic carbocycles. The second kappa shape index (κ2) is 7.21. The van der Waals surface area contributed by atoms with Crippen LogP contribution in [-0.2, 0) is 13.0 Å². The molecule has 2 aromatic carbocycles. The SMILES string of the molecule is CC(Cc1ccccc1F)NC(=O)NCc1ccc2c(c1)OCO2. The molecule has 1 atom stereocenters. The van der Waals surface area contributed by atoms with Gasteiger partial charge < -0.3 is 20.1 Å². The van der Waals surface area contributed by atoms with Gasteiger partial charge in [-0.3, -0.25) is 0 Å². The van der Waals surface area contributed by atoms with E-state index >= 15 is 0 Å². The zero-order chi connectivity index (χ0) is 16.9. The van der Waals surface area contributed by atoms with Crippen molar-refractivity contribution in [1.29, 1.82) is 0 Å². The minimum Gasteiger partial charge on any atom is -0.454 e. The molecular formula is C18H19FN2O3. The quantitative estimate of drug-likeness (QED) is 0.886. The number of hydrogen-bond acceptors (Lipinski definition) is 3. The number of rotatable bonds is 5. The first-order chi connectivity index (χ1) is 11.6. The molecule has 0 fully saturated rings. The van der Waals surface area contributed by atoms with Crippen molar-refractivity contribution in [3.63, 3.8) is 0 Å². The van der Waals surface area contributed by atoms with Crippen LogP contribution in [-0.4, -0.2) is 18.9 Å². The molecule has 1 aliphatic heterocycles. The van der Waals surface area contributed by atoms with Gasteiger partial charge in [-0.05, 0) is 42.7 Å². The van der Waals surface area contributed by atoms with Gasteiger partial charge in [0.25, 0.3) is 0 Å². The Morgan fingerprint density at radius 2 is 2.00 bits per heavy atom. The van der Waals surface area contributed by atoms with E-state index in [1.165, 1.54) is 6.07 Å². The Hall–Kier alpha value is -2.76.